The maximum atomic E-state index is 5.96. The molecule has 1 aliphatic heterocycles. The average Bonchev–Trinajstić information content (AvgIpc) is 3.08. The van der Waals surface area contributed by atoms with E-state index in [0.29, 0.717) is 13.2 Å². The van der Waals surface area contributed by atoms with Crippen molar-refractivity contribution in [3.05, 3.63) is 35.6 Å². The van der Waals surface area contributed by atoms with Gasteiger partial charge in [-0.05, 0) is 25.5 Å². The lowest BCUT2D eigenvalue weighted by Gasteiger charge is -2.14. The van der Waals surface area contributed by atoms with Gasteiger partial charge in [0.2, 0.25) is 0 Å². The normalized spacial score (nSPS) is 17.9. The van der Waals surface area contributed by atoms with E-state index in [4.69, 9.17) is 13.9 Å². The molecule has 4 nitrogen and oxygen atoms in total. The number of fused-ring (bicyclic) bond motifs is 1. The van der Waals surface area contributed by atoms with Gasteiger partial charge in [-0.3, -0.25) is 0 Å². The zero-order chi connectivity index (χ0) is 13.9. The predicted octanol–water partition coefficient (Wildman–Crippen LogP) is 3.15. The van der Waals surface area contributed by atoms with Gasteiger partial charge < -0.3 is 19.2 Å². The van der Waals surface area contributed by atoms with Crippen LogP contribution in [0.25, 0.3) is 11.0 Å². The zero-order valence-electron chi connectivity index (χ0n) is 12.0. The third-order valence-corrected chi connectivity index (χ3v) is 3.80. The number of para-hydroxylation sites is 1. The smallest absolute Gasteiger partial charge is 0.159 e. The highest BCUT2D eigenvalue weighted by molar-refractivity contribution is 5.82. The van der Waals surface area contributed by atoms with Gasteiger partial charge in [-0.2, -0.15) is 0 Å². The van der Waals surface area contributed by atoms with Crippen LogP contribution in [0.5, 0.6) is 0 Å². The topological polar surface area (TPSA) is 43.6 Å². The molecule has 0 saturated carbocycles. The second kappa shape index (κ2) is 5.95. The number of benzene rings is 1. The summed E-state index contributed by atoms with van der Waals surface area (Å²) >= 11 is 0. The van der Waals surface area contributed by atoms with E-state index in [1.165, 1.54) is 10.9 Å². The van der Waals surface area contributed by atoms with Gasteiger partial charge in [-0.25, -0.2) is 0 Å². The van der Waals surface area contributed by atoms with Crippen molar-refractivity contribution in [1.82, 2.24) is 5.32 Å². The molecule has 2 heterocycles. The average molecular weight is 275 g/mol. The van der Waals surface area contributed by atoms with Gasteiger partial charge in [0.25, 0.3) is 0 Å². The Labute approximate surface area is 119 Å². The van der Waals surface area contributed by atoms with Crippen LogP contribution in [0.3, 0.4) is 0 Å². The first kappa shape index (κ1) is 13.6. The lowest BCUT2D eigenvalue weighted by atomic mass is 10.1. The van der Waals surface area contributed by atoms with Crippen molar-refractivity contribution in [2.75, 3.05) is 19.8 Å². The Morgan fingerprint density at radius 2 is 2.00 bits per heavy atom. The van der Waals surface area contributed by atoms with Gasteiger partial charge in [-0.1, -0.05) is 18.2 Å². The molecule has 1 aromatic heterocycles. The van der Waals surface area contributed by atoms with Crippen LogP contribution in [0.1, 0.15) is 30.7 Å². The fourth-order valence-electron chi connectivity index (χ4n) is 2.69. The molecule has 1 saturated heterocycles. The Kier molecular flexibility index (Phi) is 4.05. The molecule has 3 rings (SSSR count). The van der Waals surface area contributed by atoms with E-state index in [1.54, 1.807) is 0 Å². The van der Waals surface area contributed by atoms with Crippen molar-refractivity contribution in [2.24, 2.45) is 0 Å². The molecule has 4 heteroatoms. The second-order valence-corrected chi connectivity index (χ2v) is 5.22. The lowest BCUT2D eigenvalue weighted by molar-refractivity contribution is -0.0462. The molecule has 108 valence electrons. The Morgan fingerprint density at radius 3 is 2.75 bits per heavy atom. The van der Waals surface area contributed by atoms with Crippen LogP contribution in [0, 0.1) is 6.92 Å². The number of hydrogen-bond acceptors (Lipinski definition) is 4. The van der Waals surface area contributed by atoms with E-state index in [-0.39, 0.29) is 12.3 Å². The highest BCUT2D eigenvalue weighted by Gasteiger charge is 2.18. The fourth-order valence-corrected chi connectivity index (χ4v) is 2.69. The first-order chi connectivity index (χ1) is 9.75. The van der Waals surface area contributed by atoms with E-state index in [2.05, 4.69) is 25.2 Å². The summed E-state index contributed by atoms with van der Waals surface area (Å²) in [5.41, 5.74) is 2.17. The van der Waals surface area contributed by atoms with Gasteiger partial charge in [0.15, 0.2) is 6.29 Å². The molecule has 20 heavy (non-hydrogen) atoms. The summed E-state index contributed by atoms with van der Waals surface area (Å²) in [6, 6.07) is 8.34. The second-order valence-electron chi connectivity index (χ2n) is 5.22. The molecule has 2 aromatic rings. The molecule has 1 aliphatic rings. The molecule has 0 radical (unpaired) electrons. The van der Waals surface area contributed by atoms with E-state index in [9.17, 15) is 0 Å². The van der Waals surface area contributed by atoms with Crippen LogP contribution in [-0.4, -0.2) is 26.0 Å². The highest BCUT2D eigenvalue weighted by atomic mass is 16.7. The van der Waals surface area contributed by atoms with Crippen molar-refractivity contribution < 1.29 is 13.9 Å². The first-order valence-electron chi connectivity index (χ1n) is 7.20. The SMILES string of the molecule is Cc1c([C@H](C)NCCC2OCCO2)oc2ccccc12. The van der Waals surface area contributed by atoms with Crippen molar-refractivity contribution in [3.63, 3.8) is 0 Å². The van der Waals surface area contributed by atoms with E-state index in [0.717, 1.165) is 24.3 Å². The van der Waals surface area contributed by atoms with Crippen molar-refractivity contribution in [3.8, 4) is 0 Å². The summed E-state index contributed by atoms with van der Waals surface area (Å²) < 4.78 is 16.8. The lowest BCUT2D eigenvalue weighted by Crippen LogP contribution is -2.24. The highest BCUT2D eigenvalue weighted by Crippen LogP contribution is 2.29. The molecule has 1 N–H and O–H groups in total. The number of rotatable bonds is 5. The van der Waals surface area contributed by atoms with Gasteiger partial charge in [0, 0.05) is 18.4 Å². The summed E-state index contributed by atoms with van der Waals surface area (Å²) in [5, 5.41) is 4.67. The monoisotopic (exact) mass is 275 g/mol. The van der Waals surface area contributed by atoms with Crippen LogP contribution in [0.2, 0.25) is 0 Å². The zero-order valence-corrected chi connectivity index (χ0v) is 12.0. The molecule has 0 spiro atoms. The summed E-state index contributed by atoms with van der Waals surface area (Å²) in [6.45, 7) is 6.51. The van der Waals surface area contributed by atoms with Gasteiger partial charge in [0.05, 0.1) is 19.3 Å². The standard InChI is InChI=1S/C16H21NO3/c1-11-13-5-3-4-6-14(13)20-16(11)12(2)17-8-7-15-18-9-10-19-15/h3-6,12,15,17H,7-10H2,1-2H3/t12-/m0/s1. The first-order valence-corrected chi connectivity index (χ1v) is 7.20. The number of nitrogens with one attached hydrogen (secondary N) is 1. The third kappa shape index (κ3) is 2.73. The van der Waals surface area contributed by atoms with Crippen LogP contribution in [0.15, 0.2) is 28.7 Å². The molecule has 1 atom stereocenters. The molecule has 0 aliphatic carbocycles. The van der Waals surface area contributed by atoms with Crippen LogP contribution in [0.4, 0.5) is 0 Å². The van der Waals surface area contributed by atoms with E-state index in [1.807, 2.05) is 18.2 Å². The van der Waals surface area contributed by atoms with Gasteiger partial charge in [0.1, 0.15) is 11.3 Å². The Hall–Kier alpha value is -1.36. The van der Waals surface area contributed by atoms with Crippen molar-refractivity contribution >= 4 is 11.0 Å². The summed E-state index contributed by atoms with van der Waals surface area (Å²) in [5.74, 6) is 1.01. The van der Waals surface area contributed by atoms with Crippen LogP contribution < -0.4 is 5.32 Å². The van der Waals surface area contributed by atoms with Gasteiger partial charge in [-0.15, -0.1) is 0 Å². The molecule has 0 bridgehead atoms. The molecule has 0 amide bonds. The summed E-state index contributed by atoms with van der Waals surface area (Å²) in [6.07, 6.45) is 0.815. The number of hydrogen-bond donors (Lipinski definition) is 1. The largest absolute Gasteiger partial charge is 0.459 e. The Bertz CT molecular complexity index is 572. The number of ether oxygens (including phenoxy) is 2. The van der Waals surface area contributed by atoms with Crippen molar-refractivity contribution in [1.29, 1.82) is 0 Å². The summed E-state index contributed by atoms with van der Waals surface area (Å²) in [7, 11) is 0. The third-order valence-electron chi connectivity index (χ3n) is 3.80. The van der Waals surface area contributed by atoms with Crippen LogP contribution >= 0.6 is 0 Å². The Balaban J connectivity index is 1.62. The van der Waals surface area contributed by atoms with E-state index >= 15 is 0 Å². The fraction of sp³-hybridized carbons (Fsp3) is 0.500. The van der Waals surface area contributed by atoms with Crippen molar-refractivity contribution in [2.45, 2.75) is 32.6 Å². The molecular weight excluding hydrogens is 254 g/mol. The maximum absolute atomic E-state index is 5.96. The summed E-state index contributed by atoms with van der Waals surface area (Å²) in [4.78, 5) is 0. The molecule has 1 aromatic carbocycles. The van der Waals surface area contributed by atoms with E-state index < -0.39 is 0 Å². The minimum Gasteiger partial charge on any atom is -0.459 e. The minimum absolute atomic E-state index is 0.0496. The number of aryl methyl sites for hydroxylation is 1. The van der Waals surface area contributed by atoms with Gasteiger partial charge >= 0.3 is 0 Å². The minimum atomic E-state index is -0.0496. The maximum Gasteiger partial charge on any atom is 0.159 e. The predicted molar refractivity (Wildman–Crippen MR) is 77.7 cm³/mol. The quantitative estimate of drug-likeness (QED) is 0.910. The molecule has 1 fully saturated rings. The molecular formula is C16H21NO3. The Morgan fingerprint density at radius 1 is 1.25 bits per heavy atom. The molecule has 0 unspecified atom stereocenters. The van der Waals surface area contributed by atoms with Crippen LogP contribution in [-0.2, 0) is 9.47 Å². The number of furan rings is 1.